The maximum absolute atomic E-state index is 11.8. The van der Waals surface area contributed by atoms with Gasteiger partial charge in [0.05, 0.1) is 0 Å². The number of nitrogens with one attached hydrogen (secondary N) is 2. The molecule has 1 aliphatic rings. The van der Waals surface area contributed by atoms with Crippen molar-refractivity contribution in [3.05, 3.63) is 29.8 Å². The number of hydrogen-bond donors (Lipinski definition) is 2. The van der Waals surface area contributed by atoms with Crippen molar-refractivity contribution in [1.82, 2.24) is 15.1 Å². The number of hydrogen-bond acceptors (Lipinski definition) is 3. The number of amides is 2. The van der Waals surface area contributed by atoms with Crippen LogP contribution in [0.1, 0.15) is 25.3 Å². The van der Waals surface area contributed by atoms with Crippen molar-refractivity contribution in [2.75, 3.05) is 51.1 Å². The minimum absolute atomic E-state index is 0.118. The highest BCUT2D eigenvalue weighted by Crippen LogP contribution is 2.09. The van der Waals surface area contributed by atoms with E-state index in [1.54, 1.807) is 0 Å². The minimum Gasteiger partial charge on any atom is -0.338 e. The summed E-state index contributed by atoms with van der Waals surface area (Å²) in [6, 6.07) is 7.72. The maximum atomic E-state index is 11.8. The van der Waals surface area contributed by atoms with Crippen LogP contribution in [-0.2, 0) is 0 Å². The lowest BCUT2D eigenvalue weighted by Gasteiger charge is -2.33. The Kier molecular flexibility index (Phi) is 7.36. The first-order chi connectivity index (χ1) is 11.2. The predicted octanol–water partition coefficient (Wildman–Crippen LogP) is 2.53. The molecular formula is C18H30N4O. The Hall–Kier alpha value is -1.59. The van der Waals surface area contributed by atoms with Crippen LogP contribution in [0.2, 0.25) is 0 Å². The second-order valence-corrected chi connectivity index (χ2v) is 6.23. The fourth-order valence-corrected chi connectivity index (χ4v) is 2.89. The minimum atomic E-state index is -0.118. The number of aryl methyl sites for hydroxylation is 1. The van der Waals surface area contributed by atoms with Crippen LogP contribution in [0.25, 0.3) is 0 Å². The molecule has 2 N–H and O–H groups in total. The van der Waals surface area contributed by atoms with E-state index >= 15 is 0 Å². The van der Waals surface area contributed by atoms with E-state index in [0.29, 0.717) is 0 Å². The molecule has 5 nitrogen and oxygen atoms in total. The Labute approximate surface area is 140 Å². The summed E-state index contributed by atoms with van der Waals surface area (Å²) in [4.78, 5) is 16.8. The van der Waals surface area contributed by atoms with Gasteiger partial charge in [0.15, 0.2) is 0 Å². The van der Waals surface area contributed by atoms with Gasteiger partial charge >= 0.3 is 6.03 Å². The van der Waals surface area contributed by atoms with Gasteiger partial charge in [-0.25, -0.2) is 4.79 Å². The molecule has 1 fully saturated rings. The zero-order valence-electron chi connectivity index (χ0n) is 14.5. The molecule has 1 heterocycles. The second-order valence-electron chi connectivity index (χ2n) is 6.23. The van der Waals surface area contributed by atoms with Gasteiger partial charge in [0.1, 0.15) is 0 Å². The molecule has 23 heavy (non-hydrogen) atoms. The molecule has 1 aromatic carbocycles. The molecule has 128 valence electrons. The molecule has 0 atom stereocenters. The van der Waals surface area contributed by atoms with Crippen molar-refractivity contribution in [3.8, 4) is 0 Å². The molecule has 0 unspecified atom stereocenters. The van der Waals surface area contributed by atoms with E-state index in [1.165, 1.54) is 26.2 Å². The van der Waals surface area contributed by atoms with E-state index in [0.717, 1.165) is 43.7 Å². The topological polar surface area (TPSA) is 47.6 Å². The van der Waals surface area contributed by atoms with E-state index in [4.69, 9.17) is 0 Å². The number of unbranched alkanes of at least 4 members (excludes halogenated alkanes) is 1. The molecule has 0 aromatic heterocycles. The van der Waals surface area contributed by atoms with E-state index < -0.39 is 0 Å². The van der Waals surface area contributed by atoms with Gasteiger partial charge in [0, 0.05) is 38.4 Å². The third-order valence-electron chi connectivity index (χ3n) is 4.37. The number of carbonyl (C=O) groups is 1. The van der Waals surface area contributed by atoms with Crippen molar-refractivity contribution in [1.29, 1.82) is 0 Å². The maximum Gasteiger partial charge on any atom is 0.319 e. The summed E-state index contributed by atoms with van der Waals surface area (Å²) in [5.74, 6) is 0. The summed E-state index contributed by atoms with van der Waals surface area (Å²) in [6.45, 7) is 12.0. The van der Waals surface area contributed by atoms with Gasteiger partial charge in [0.2, 0.25) is 0 Å². The number of nitrogens with zero attached hydrogens (tertiary/aromatic N) is 2. The smallest absolute Gasteiger partial charge is 0.319 e. The summed E-state index contributed by atoms with van der Waals surface area (Å²) < 4.78 is 0. The number of anilines is 1. The lowest BCUT2D eigenvalue weighted by atomic mass is 10.2. The third-order valence-corrected chi connectivity index (χ3v) is 4.37. The normalized spacial score (nSPS) is 16.3. The summed E-state index contributed by atoms with van der Waals surface area (Å²) in [5.41, 5.74) is 1.99. The van der Waals surface area contributed by atoms with Crippen molar-refractivity contribution >= 4 is 11.7 Å². The van der Waals surface area contributed by atoms with Gasteiger partial charge in [-0.2, -0.15) is 0 Å². The zero-order valence-corrected chi connectivity index (χ0v) is 14.5. The fourth-order valence-electron chi connectivity index (χ4n) is 2.89. The van der Waals surface area contributed by atoms with Crippen LogP contribution >= 0.6 is 0 Å². The average Bonchev–Trinajstić information content (AvgIpc) is 2.55. The van der Waals surface area contributed by atoms with Crippen molar-refractivity contribution in [2.24, 2.45) is 0 Å². The SMILES string of the molecule is CCN1CCN(CCCCNC(=O)Nc2cccc(C)c2)CC1. The van der Waals surface area contributed by atoms with E-state index in [9.17, 15) is 4.79 Å². The monoisotopic (exact) mass is 318 g/mol. The first-order valence-corrected chi connectivity index (χ1v) is 8.73. The van der Waals surface area contributed by atoms with Crippen LogP contribution in [0.3, 0.4) is 0 Å². The molecule has 1 aromatic rings. The number of rotatable bonds is 7. The Bertz CT molecular complexity index is 484. The van der Waals surface area contributed by atoms with Gasteiger partial charge in [-0.05, 0) is 50.6 Å². The predicted molar refractivity (Wildman–Crippen MR) is 96.0 cm³/mol. The van der Waals surface area contributed by atoms with E-state index in [1.807, 2.05) is 31.2 Å². The third kappa shape index (κ3) is 6.59. The molecular weight excluding hydrogens is 288 g/mol. The lowest BCUT2D eigenvalue weighted by molar-refractivity contribution is 0.136. The number of piperazine rings is 1. The number of carbonyl (C=O) groups excluding carboxylic acids is 1. The van der Waals surface area contributed by atoms with E-state index in [2.05, 4.69) is 27.4 Å². The van der Waals surface area contributed by atoms with Gasteiger partial charge in [-0.1, -0.05) is 19.1 Å². The number of benzene rings is 1. The highest BCUT2D eigenvalue weighted by atomic mass is 16.2. The Balaban J connectivity index is 1.53. The quantitative estimate of drug-likeness (QED) is 0.760. The average molecular weight is 318 g/mol. The molecule has 1 saturated heterocycles. The largest absolute Gasteiger partial charge is 0.338 e. The molecule has 1 aliphatic heterocycles. The summed E-state index contributed by atoms with van der Waals surface area (Å²) in [5, 5.41) is 5.80. The van der Waals surface area contributed by atoms with Gasteiger partial charge in [-0.3, -0.25) is 0 Å². The van der Waals surface area contributed by atoms with Crippen LogP contribution in [0, 0.1) is 6.92 Å². The van der Waals surface area contributed by atoms with E-state index in [-0.39, 0.29) is 6.03 Å². The number of likely N-dealkylation sites (N-methyl/N-ethyl adjacent to an activating group) is 1. The van der Waals surface area contributed by atoms with Crippen molar-refractivity contribution in [2.45, 2.75) is 26.7 Å². The van der Waals surface area contributed by atoms with Crippen LogP contribution in [0.5, 0.6) is 0 Å². The van der Waals surface area contributed by atoms with Gasteiger partial charge in [0.25, 0.3) is 0 Å². The first kappa shape index (κ1) is 17.8. The molecule has 0 saturated carbocycles. The standard InChI is InChI=1S/C18H30N4O/c1-3-21-11-13-22(14-12-21)10-5-4-9-19-18(23)20-17-8-6-7-16(2)15-17/h6-8,15H,3-5,9-14H2,1-2H3,(H2,19,20,23). The number of urea groups is 1. The molecule has 0 radical (unpaired) electrons. The van der Waals surface area contributed by atoms with Crippen LogP contribution in [0.4, 0.5) is 10.5 Å². The Morgan fingerprint density at radius 1 is 1.13 bits per heavy atom. The zero-order chi connectivity index (χ0) is 16.5. The molecule has 2 rings (SSSR count). The lowest BCUT2D eigenvalue weighted by Crippen LogP contribution is -2.46. The summed E-state index contributed by atoms with van der Waals surface area (Å²) in [7, 11) is 0. The first-order valence-electron chi connectivity index (χ1n) is 8.73. The van der Waals surface area contributed by atoms with Gasteiger partial charge < -0.3 is 20.4 Å². The van der Waals surface area contributed by atoms with Crippen LogP contribution in [0.15, 0.2) is 24.3 Å². The Morgan fingerprint density at radius 3 is 2.57 bits per heavy atom. The molecule has 2 amide bonds. The second kappa shape index (κ2) is 9.53. The summed E-state index contributed by atoms with van der Waals surface area (Å²) >= 11 is 0. The molecule has 0 aliphatic carbocycles. The highest BCUT2D eigenvalue weighted by Gasteiger charge is 2.14. The summed E-state index contributed by atoms with van der Waals surface area (Å²) in [6.07, 6.45) is 2.16. The van der Waals surface area contributed by atoms with Gasteiger partial charge in [-0.15, -0.1) is 0 Å². The van der Waals surface area contributed by atoms with Crippen molar-refractivity contribution < 1.29 is 4.79 Å². The molecule has 0 bridgehead atoms. The fraction of sp³-hybridized carbons (Fsp3) is 0.611. The molecule has 5 heteroatoms. The Morgan fingerprint density at radius 2 is 1.87 bits per heavy atom. The van der Waals surface area contributed by atoms with Crippen LogP contribution in [-0.4, -0.2) is 61.6 Å². The molecule has 0 spiro atoms. The van der Waals surface area contributed by atoms with Crippen molar-refractivity contribution in [3.63, 3.8) is 0 Å². The van der Waals surface area contributed by atoms with Crippen LogP contribution < -0.4 is 10.6 Å². The highest BCUT2D eigenvalue weighted by molar-refractivity contribution is 5.89.